The number of hydrogen-bond donors (Lipinski definition) is 3. The van der Waals surface area contributed by atoms with Gasteiger partial charge in [0.2, 0.25) is 0 Å². The van der Waals surface area contributed by atoms with Crippen LogP contribution in [0.15, 0.2) is 34.8 Å². The molecule has 4 rings (SSSR count). The number of aromatic nitrogens is 2. The molecular weight excluding hydrogens is 538 g/mol. The zero-order chi connectivity index (χ0) is 21.6. The monoisotopic (exact) mass is 570 g/mol. The lowest BCUT2D eigenvalue weighted by atomic mass is 9.97. The molecule has 1 fully saturated rings. The van der Waals surface area contributed by atoms with Gasteiger partial charge in [0.1, 0.15) is 5.82 Å². The third-order valence-corrected chi connectivity index (χ3v) is 6.78. The lowest BCUT2D eigenvalue weighted by molar-refractivity contribution is 0.176. The standard InChI is InChI=1S/C23H31FN6S.HI/c1-16-29-20(15-31-16)14-30-9-6-17(7-10-30)12-28-23(25-2)26-8-5-18-13-27-22-4-3-19(24)11-21(18)22;/h3-4,11,13,15,17,27H,5-10,12,14H2,1-2H3,(H2,25,26,28);1H. The fraction of sp³-hybridized carbons (Fsp3) is 0.478. The molecule has 174 valence electrons. The van der Waals surface area contributed by atoms with Crippen LogP contribution in [0.1, 0.15) is 29.1 Å². The SMILES string of the molecule is CN=C(NCCc1c[nH]c2ccc(F)cc12)NCC1CCN(Cc2csc(C)n2)CC1.I. The van der Waals surface area contributed by atoms with E-state index in [0.717, 1.165) is 66.6 Å². The van der Waals surface area contributed by atoms with Crippen molar-refractivity contribution in [1.82, 2.24) is 25.5 Å². The molecule has 0 amide bonds. The first-order chi connectivity index (χ1) is 15.1. The Morgan fingerprint density at radius 1 is 1.31 bits per heavy atom. The highest BCUT2D eigenvalue weighted by Gasteiger charge is 2.20. The minimum Gasteiger partial charge on any atom is -0.361 e. The number of piperidine rings is 1. The fourth-order valence-corrected chi connectivity index (χ4v) is 4.80. The average Bonchev–Trinajstić information content (AvgIpc) is 3.37. The zero-order valence-electron chi connectivity index (χ0n) is 18.7. The van der Waals surface area contributed by atoms with Gasteiger partial charge >= 0.3 is 0 Å². The van der Waals surface area contributed by atoms with Crippen molar-refractivity contribution in [2.75, 3.05) is 33.2 Å². The van der Waals surface area contributed by atoms with Crippen molar-refractivity contribution < 1.29 is 4.39 Å². The predicted molar refractivity (Wildman–Crippen MR) is 142 cm³/mol. The number of rotatable bonds is 7. The van der Waals surface area contributed by atoms with Crippen molar-refractivity contribution >= 4 is 52.2 Å². The van der Waals surface area contributed by atoms with E-state index in [9.17, 15) is 4.39 Å². The van der Waals surface area contributed by atoms with Gasteiger partial charge in [0.25, 0.3) is 0 Å². The molecule has 0 bridgehead atoms. The predicted octanol–water partition coefficient (Wildman–Crippen LogP) is 4.31. The van der Waals surface area contributed by atoms with Gasteiger partial charge in [-0.15, -0.1) is 35.3 Å². The van der Waals surface area contributed by atoms with Gasteiger partial charge < -0.3 is 15.6 Å². The van der Waals surface area contributed by atoms with E-state index in [0.29, 0.717) is 5.92 Å². The molecule has 6 nitrogen and oxygen atoms in total. The molecule has 0 unspecified atom stereocenters. The molecule has 3 aromatic rings. The smallest absolute Gasteiger partial charge is 0.190 e. The summed E-state index contributed by atoms with van der Waals surface area (Å²) in [4.78, 5) is 14.6. The second-order valence-electron chi connectivity index (χ2n) is 8.21. The Labute approximate surface area is 210 Å². The number of thiazole rings is 1. The van der Waals surface area contributed by atoms with Crippen LogP contribution in [-0.4, -0.2) is 54.1 Å². The van der Waals surface area contributed by atoms with Crippen molar-refractivity contribution in [1.29, 1.82) is 0 Å². The van der Waals surface area contributed by atoms with Crippen LogP contribution in [0.4, 0.5) is 4.39 Å². The molecule has 1 aliphatic rings. The molecule has 3 heterocycles. The Kier molecular flexibility index (Phi) is 9.30. The van der Waals surface area contributed by atoms with E-state index in [1.807, 2.05) is 6.20 Å². The summed E-state index contributed by atoms with van der Waals surface area (Å²) in [6, 6.07) is 4.86. The number of benzene rings is 1. The molecule has 9 heteroatoms. The molecule has 1 aliphatic heterocycles. The molecule has 0 radical (unpaired) electrons. The quantitative estimate of drug-likeness (QED) is 0.225. The average molecular weight is 571 g/mol. The Bertz CT molecular complexity index is 1020. The molecule has 32 heavy (non-hydrogen) atoms. The van der Waals surface area contributed by atoms with Crippen LogP contribution in [-0.2, 0) is 13.0 Å². The number of aromatic amines is 1. The van der Waals surface area contributed by atoms with Gasteiger partial charge in [-0.25, -0.2) is 9.37 Å². The minimum atomic E-state index is -0.202. The van der Waals surface area contributed by atoms with Gasteiger partial charge in [-0.2, -0.15) is 0 Å². The van der Waals surface area contributed by atoms with Crippen molar-refractivity contribution in [2.45, 2.75) is 32.7 Å². The van der Waals surface area contributed by atoms with Crippen LogP contribution in [0.3, 0.4) is 0 Å². The molecule has 1 saturated heterocycles. The summed E-state index contributed by atoms with van der Waals surface area (Å²) in [6.45, 7) is 6.94. The Hall–Kier alpha value is -1.72. The van der Waals surface area contributed by atoms with Crippen molar-refractivity contribution in [3.8, 4) is 0 Å². The van der Waals surface area contributed by atoms with Crippen LogP contribution in [0.2, 0.25) is 0 Å². The fourth-order valence-electron chi connectivity index (χ4n) is 4.19. The van der Waals surface area contributed by atoms with E-state index in [2.05, 4.69) is 42.8 Å². The number of nitrogens with one attached hydrogen (secondary N) is 3. The third kappa shape index (κ3) is 6.64. The largest absolute Gasteiger partial charge is 0.361 e. The molecule has 0 saturated carbocycles. The first kappa shape index (κ1) is 24.9. The van der Waals surface area contributed by atoms with E-state index in [4.69, 9.17) is 0 Å². The van der Waals surface area contributed by atoms with Gasteiger partial charge in [-0.05, 0) is 69.0 Å². The normalized spacial score (nSPS) is 15.7. The van der Waals surface area contributed by atoms with E-state index in [1.165, 1.54) is 24.6 Å². The first-order valence-corrected chi connectivity index (χ1v) is 11.8. The minimum absolute atomic E-state index is 0. The molecule has 0 aliphatic carbocycles. The van der Waals surface area contributed by atoms with Gasteiger partial charge in [0.15, 0.2) is 5.96 Å². The van der Waals surface area contributed by atoms with Crippen molar-refractivity contribution in [3.63, 3.8) is 0 Å². The van der Waals surface area contributed by atoms with Crippen LogP contribution < -0.4 is 10.6 Å². The topological polar surface area (TPSA) is 68.3 Å². The summed E-state index contributed by atoms with van der Waals surface area (Å²) in [6.07, 6.45) is 5.14. The number of guanidine groups is 1. The Balaban J connectivity index is 0.00000289. The molecule has 2 aromatic heterocycles. The number of aliphatic imine (C=N–C) groups is 1. The number of hydrogen-bond acceptors (Lipinski definition) is 4. The van der Waals surface area contributed by atoms with E-state index < -0.39 is 0 Å². The number of likely N-dealkylation sites (tertiary alicyclic amines) is 1. The molecule has 0 spiro atoms. The van der Waals surface area contributed by atoms with Crippen LogP contribution in [0.25, 0.3) is 10.9 Å². The first-order valence-electron chi connectivity index (χ1n) is 10.9. The van der Waals surface area contributed by atoms with E-state index >= 15 is 0 Å². The number of nitrogens with zero attached hydrogens (tertiary/aromatic N) is 3. The maximum absolute atomic E-state index is 13.5. The Morgan fingerprint density at radius 3 is 2.84 bits per heavy atom. The summed E-state index contributed by atoms with van der Waals surface area (Å²) in [5, 5.41) is 11.1. The molecule has 1 aromatic carbocycles. The van der Waals surface area contributed by atoms with Crippen molar-refractivity contribution in [2.24, 2.45) is 10.9 Å². The highest BCUT2D eigenvalue weighted by atomic mass is 127. The van der Waals surface area contributed by atoms with E-state index in [1.54, 1.807) is 30.5 Å². The van der Waals surface area contributed by atoms with Crippen LogP contribution in [0, 0.1) is 18.7 Å². The summed E-state index contributed by atoms with van der Waals surface area (Å²) >= 11 is 1.73. The van der Waals surface area contributed by atoms with E-state index in [-0.39, 0.29) is 29.8 Å². The number of aryl methyl sites for hydroxylation is 1. The number of fused-ring (bicyclic) bond motifs is 1. The third-order valence-electron chi connectivity index (χ3n) is 5.96. The van der Waals surface area contributed by atoms with Gasteiger partial charge in [-0.1, -0.05) is 0 Å². The van der Waals surface area contributed by atoms with Gasteiger partial charge in [0.05, 0.1) is 10.7 Å². The lowest BCUT2D eigenvalue weighted by Gasteiger charge is -2.31. The second-order valence-corrected chi connectivity index (χ2v) is 9.27. The van der Waals surface area contributed by atoms with Crippen molar-refractivity contribution in [3.05, 3.63) is 51.9 Å². The van der Waals surface area contributed by atoms with Gasteiger partial charge in [0, 0.05) is 49.2 Å². The Morgan fingerprint density at radius 2 is 2.12 bits per heavy atom. The molecule has 3 N–H and O–H groups in total. The highest BCUT2D eigenvalue weighted by Crippen LogP contribution is 2.20. The van der Waals surface area contributed by atoms with Crippen LogP contribution in [0.5, 0.6) is 0 Å². The maximum atomic E-state index is 13.5. The summed E-state index contributed by atoms with van der Waals surface area (Å²) in [7, 11) is 1.80. The maximum Gasteiger partial charge on any atom is 0.190 e. The summed E-state index contributed by atoms with van der Waals surface area (Å²) in [5.41, 5.74) is 3.27. The highest BCUT2D eigenvalue weighted by molar-refractivity contribution is 14.0. The molecule has 0 atom stereocenters. The molecular formula is C23H32FIN6S. The zero-order valence-corrected chi connectivity index (χ0v) is 21.8. The second kappa shape index (κ2) is 11.9. The number of H-pyrrole nitrogens is 1. The summed E-state index contributed by atoms with van der Waals surface area (Å²) in [5.74, 6) is 1.28. The van der Waals surface area contributed by atoms with Gasteiger partial charge in [-0.3, -0.25) is 9.89 Å². The lowest BCUT2D eigenvalue weighted by Crippen LogP contribution is -2.43. The number of halogens is 2. The summed E-state index contributed by atoms with van der Waals surface area (Å²) < 4.78 is 13.5. The van der Waals surface area contributed by atoms with Crippen LogP contribution >= 0.6 is 35.3 Å².